The molecule has 2 N–H and O–H groups in total. The lowest BCUT2D eigenvalue weighted by atomic mass is 9.97. The summed E-state index contributed by atoms with van der Waals surface area (Å²) in [6.45, 7) is 6.33. The maximum Gasteiger partial charge on any atom is 0.114 e. The number of aryl methyl sites for hydroxylation is 1. The van der Waals surface area contributed by atoms with Crippen molar-refractivity contribution in [1.29, 1.82) is 0 Å². The fraction of sp³-hybridized carbons (Fsp3) is 0.667. The molecule has 3 nitrogen and oxygen atoms in total. The van der Waals surface area contributed by atoms with Crippen LogP contribution < -0.4 is 5.32 Å². The molecule has 0 saturated heterocycles. The molecule has 2 unspecified atom stereocenters. The molecule has 0 aliphatic carbocycles. The lowest BCUT2D eigenvalue weighted by Crippen LogP contribution is -2.45. The Labute approximate surface area is 102 Å². The Balaban J connectivity index is 2.53. The van der Waals surface area contributed by atoms with Crippen molar-refractivity contribution < 1.29 is 9.52 Å². The Hall–Kier alpha value is -0.450. The highest BCUT2D eigenvalue weighted by atomic mass is 32.2. The van der Waals surface area contributed by atoms with Crippen LogP contribution in [0.25, 0.3) is 0 Å². The molecule has 0 spiro atoms. The molecule has 0 saturated carbocycles. The van der Waals surface area contributed by atoms with Crippen molar-refractivity contribution in [2.75, 3.05) is 13.7 Å². The van der Waals surface area contributed by atoms with Crippen LogP contribution in [0.15, 0.2) is 21.6 Å². The molecule has 0 amide bonds. The van der Waals surface area contributed by atoms with Gasteiger partial charge in [-0.3, -0.25) is 0 Å². The van der Waals surface area contributed by atoms with Crippen LogP contribution in [0.3, 0.4) is 0 Å². The third-order valence-corrected chi connectivity index (χ3v) is 4.08. The van der Waals surface area contributed by atoms with Gasteiger partial charge in [0.1, 0.15) is 5.76 Å². The highest BCUT2D eigenvalue weighted by Crippen LogP contribution is 2.31. The van der Waals surface area contributed by atoms with E-state index in [4.69, 9.17) is 4.42 Å². The predicted molar refractivity (Wildman–Crippen MR) is 67.9 cm³/mol. The van der Waals surface area contributed by atoms with Gasteiger partial charge in [0.25, 0.3) is 0 Å². The molecule has 1 aromatic heterocycles. The van der Waals surface area contributed by atoms with Crippen molar-refractivity contribution in [1.82, 2.24) is 5.32 Å². The zero-order valence-electron chi connectivity index (χ0n) is 10.4. The fourth-order valence-electron chi connectivity index (χ4n) is 1.63. The average Bonchev–Trinajstić information content (AvgIpc) is 2.64. The van der Waals surface area contributed by atoms with Gasteiger partial charge in [-0.1, -0.05) is 6.92 Å². The first-order valence-electron chi connectivity index (χ1n) is 5.51. The zero-order chi connectivity index (χ0) is 12.2. The van der Waals surface area contributed by atoms with E-state index in [1.807, 2.05) is 27.0 Å². The monoisotopic (exact) mass is 243 g/mol. The van der Waals surface area contributed by atoms with E-state index >= 15 is 0 Å². The molecule has 4 heteroatoms. The van der Waals surface area contributed by atoms with Crippen LogP contribution >= 0.6 is 11.8 Å². The van der Waals surface area contributed by atoms with Gasteiger partial charge < -0.3 is 14.8 Å². The van der Waals surface area contributed by atoms with E-state index in [0.717, 1.165) is 12.2 Å². The van der Waals surface area contributed by atoms with Gasteiger partial charge in [0, 0.05) is 15.7 Å². The van der Waals surface area contributed by atoms with E-state index in [1.165, 1.54) is 4.90 Å². The second kappa shape index (κ2) is 5.75. The first-order valence-corrected chi connectivity index (χ1v) is 6.39. The Morgan fingerprint density at radius 3 is 2.75 bits per heavy atom. The summed E-state index contributed by atoms with van der Waals surface area (Å²) in [6, 6.07) is 1.99. The van der Waals surface area contributed by atoms with Crippen LogP contribution in [0.4, 0.5) is 0 Å². The van der Waals surface area contributed by atoms with Gasteiger partial charge in [-0.2, -0.15) is 0 Å². The molecule has 92 valence electrons. The highest BCUT2D eigenvalue weighted by molar-refractivity contribution is 8.00. The van der Waals surface area contributed by atoms with E-state index in [1.54, 1.807) is 18.0 Å². The summed E-state index contributed by atoms with van der Waals surface area (Å²) in [5.74, 6) is 0.965. The Bertz CT molecular complexity index is 321. The van der Waals surface area contributed by atoms with Crippen LogP contribution in [0.5, 0.6) is 0 Å². The minimum atomic E-state index is -0.204. The SMILES string of the molecule is CNC(C)(CO)CC(C)Sc1ccoc1C. The van der Waals surface area contributed by atoms with Gasteiger partial charge in [-0.05, 0) is 33.4 Å². The lowest BCUT2D eigenvalue weighted by Gasteiger charge is -2.29. The average molecular weight is 243 g/mol. The van der Waals surface area contributed by atoms with Gasteiger partial charge in [0.15, 0.2) is 0 Å². The highest BCUT2D eigenvalue weighted by Gasteiger charge is 2.24. The molecule has 0 aliphatic rings. The third-order valence-electron chi connectivity index (χ3n) is 2.83. The van der Waals surface area contributed by atoms with Crippen LogP contribution in [0, 0.1) is 6.92 Å². The van der Waals surface area contributed by atoms with E-state index in [9.17, 15) is 5.11 Å². The van der Waals surface area contributed by atoms with Crippen molar-refractivity contribution in [3.8, 4) is 0 Å². The molecule has 1 heterocycles. The summed E-state index contributed by atoms with van der Waals surface area (Å²) < 4.78 is 5.26. The summed E-state index contributed by atoms with van der Waals surface area (Å²) in [5.41, 5.74) is -0.204. The Morgan fingerprint density at radius 1 is 1.62 bits per heavy atom. The van der Waals surface area contributed by atoms with E-state index in [-0.39, 0.29) is 12.1 Å². The van der Waals surface area contributed by atoms with E-state index in [0.29, 0.717) is 5.25 Å². The number of furan rings is 1. The smallest absolute Gasteiger partial charge is 0.114 e. The van der Waals surface area contributed by atoms with E-state index in [2.05, 4.69) is 12.2 Å². The second-order valence-electron chi connectivity index (χ2n) is 4.44. The first-order chi connectivity index (χ1) is 7.50. The largest absolute Gasteiger partial charge is 0.468 e. The van der Waals surface area contributed by atoms with Crippen molar-refractivity contribution in [3.63, 3.8) is 0 Å². The zero-order valence-corrected chi connectivity index (χ0v) is 11.2. The van der Waals surface area contributed by atoms with Crippen molar-refractivity contribution in [3.05, 3.63) is 18.1 Å². The number of thioether (sulfide) groups is 1. The van der Waals surface area contributed by atoms with Crippen molar-refractivity contribution in [2.24, 2.45) is 0 Å². The van der Waals surface area contributed by atoms with Gasteiger partial charge in [0.2, 0.25) is 0 Å². The van der Waals surface area contributed by atoms with Crippen LogP contribution in [0.2, 0.25) is 0 Å². The topological polar surface area (TPSA) is 45.4 Å². The van der Waals surface area contributed by atoms with Crippen LogP contribution in [-0.2, 0) is 0 Å². The summed E-state index contributed by atoms with van der Waals surface area (Å²) in [6.07, 6.45) is 2.63. The van der Waals surface area contributed by atoms with Crippen LogP contribution in [-0.4, -0.2) is 29.5 Å². The predicted octanol–water partition coefficient (Wildman–Crippen LogP) is 2.43. The van der Waals surface area contributed by atoms with Gasteiger partial charge in [-0.25, -0.2) is 0 Å². The molecular weight excluding hydrogens is 222 g/mol. The molecule has 0 aromatic carbocycles. The Kier molecular flexibility index (Phi) is 4.89. The minimum Gasteiger partial charge on any atom is -0.468 e. The maximum atomic E-state index is 9.32. The molecule has 0 aliphatic heterocycles. The number of likely N-dealkylation sites (N-methyl/N-ethyl adjacent to an activating group) is 1. The van der Waals surface area contributed by atoms with E-state index < -0.39 is 0 Å². The molecule has 0 fully saturated rings. The summed E-state index contributed by atoms with van der Waals surface area (Å²) in [7, 11) is 1.89. The number of nitrogens with one attached hydrogen (secondary N) is 1. The number of rotatable bonds is 6. The number of hydrogen-bond donors (Lipinski definition) is 2. The van der Waals surface area contributed by atoms with Crippen molar-refractivity contribution in [2.45, 2.75) is 42.9 Å². The van der Waals surface area contributed by atoms with Crippen molar-refractivity contribution >= 4 is 11.8 Å². The first kappa shape index (κ1) is 13.6. The fourth-order valence-corrected chi connectivity index (χ4v) is 2.87. The summed E-state index contributed by atoms with van der Waals surface area (Å²) in [5, 5.41) is 12.9. The molecule has 0 radical (unpaired) electrons. The number of aliphatic hydroxyl groups excluding tert-OH is 1. The quantitative estimate of drug-likeness (QED) is 0.753. The summed E-state index contributed by atoms with van der Waals surface area (Å²) in [4.78, 5) is 1.18. The molecule has 1 rings (SSSR count). The number of hydrogen-bond acceptors (Lipinski definition) is 4. The number of aliphatic hydroxyl groups is 1. The Morgan fingerprint density at radius 2 is 2.31 bits per heavy atom. The van der Waals surface area contributed by atoms with Gasteiger partial charge in [0.05, 0.1) is 12.9 Å². The second-order valence-corrected chi connectivity index (χ2v) is 5.92. The minimum absolute atomic E-state index is 0.152. The van der Waals surface area contributed by atoms with Crippen LogP contribution in [0.1, 0.15) is 26.0 Å². The molecule has 2 atom stereocenters. The normalized spacial score (nSPS) is 17.1. The standard InChI is InChI=1S/C12H21NO2S/c1-9(7-12(3,8-14)13-4)16-11-5-6-15-10(11)2/h5-6,9,13-14H,7-8H2,1-4H3. The molecule has 16 heavy (non-hydrogen) atoms. The van der Waals surface area contributed by atoms with Gasteiger partial charge in [-0.15, -0.1) is 11.8 Å². The third kappa shape index (κ3) is 3.54. The molecular formula is C12H21NO2S. The lowest BCUT2D eigenvalue weighted by molar-refractivity contribution is 0.174. The maximum absolute atomic E-state index is 9.32. The van der Waals surface area contributed by atoms with Gasteiger partial charge >= 0.3 is 0 Å². The summed E-state index contributed by atoms with van der Waals surface area (Å²) >= 11 is 1.79. The molecule has 1 aromatic rings. The molecule has 0 bridgehead atoms.